The number of nitrogens with one attached hydrogen (secondary N) is 1. The molecular weight excluding hydrogens is 469 g/mol. The zero-order chi connectivity index (χ0) is 25.8. The first-order valence-electron chi connectivity index (χ1n) is 11.0. The molecule has 0 saturated carbocycles. The van der Waals surface area contributed by atoms with Crippen LogP contribution in [0.5, 0.6) is 0 Å². The molecule has 3 rings (SSSR count). The van der Waals surface area contributed by atoms with Gasteiger partial charge in [-0.05, 0) is 55.1 Å². The Morgan fingerprint density at radius 3 is 2.29 bits per heavy atom. The monoisotopic (exact) mass is 497 g/mol. The van der Waals surface area contributed by atoms with Crippen LogP contribution in [0.25, 0.3) is 0 Å². The van der Waals surface area contributed by atoms with Crippen LogP contribution in [0, 0.1) is 5.82 Å². The van der Waals surface area contributed by atoms with Crippen molar-refractivity contribution in [3.8, 4) is 0 Å². The van der Waals surface area contributed by atoms with Crippen LogP contribution in [-0.2, 0) is 11.3 Å². The van der Waals surface area contributed by atoms with E-state index in [1.54, 1.807) is 0 Å². The highest BCUT2D eigenvalue weighted by atomic mass is 32.1. The Kier molecular flexibility index (Phi) is 7.85. The number of benzene rings is 2. The van der Waals surface area contributed by atoms with E-state index in [0.717, 1.165) is 17.1 Å². The SMILES string of the molecule is CCC(C)(C)NC(=O)[C@@H](c1ccc(F)cc1)N(Cc1ccccc1)C(=O)c1snc(C(N)=O)c1N. The van der Waals surface area contributed by atoms with Gasteiger partial charge in [-0.25, -0.2) is 4.39 Å². The number of aromatic nitrogens is 1. The number of nitrogens with two attached hydrogens (primary N) is 2. The summed E-state index contributed by atoms with van der Waals surface area (Å²) in [5.74, 6) is -2.37. The summed E-state index contributed by atoms with van der Waals surface area (Å²) in [5, 5.41) is 2.99. The van der Waals surface area contributed by atoms with Gasteiger partial charge in [0.25, 0.3) is 11.8 Å². The molecule has 0 aliphatic heterocycles. The van der Waals surface area contributed by atoms with E-state index in [1.165, 1.54) is 29.2 Å². The van der Waals surface area contributed by atoms with Crippen molar-refractivity contribution in [2.45, 2.75) is 45.3 Å². The predicted octanol–water partition coefficient (Wildman–Crippen LogP) is 3.65. The Hall–Kier alpha value is -3.79. The lowest BCUT2D eigenvalue weighted by Crippen LogP contribution is -2.50. The van der Waals surface area contributed by atoms with E-state index in [-0.39, 0.29) is 22.8 Å². The van der Waals surface area contributed by atoms with Crippen molar-refractivity contribution < 1.29 is 18.8 Å². The van der Waals surface area contributed by atoms with Crippen molar-refractivity contribution >= 4 is 34.9 Å². The van der Waals surface area contributed by atoms with E-state index in [1.807, 2.05) is 51.1 Å². The number of primary amides is 1. The van der Waals surface area contributed by atoms with Crippen molar-refractivity contribution in [3.05, 3.63) is 82.1 Å². The van der Waals surface area contributed by atoms with E-state index in [0.29, 0.717) is 12.0 Å². The standard InChI is InChI=1S/C25H28FN5O3S/c1-4-25(2,3)29-23(33)20(16-10-12-17(26)13-11-16)31(14-15-8-6-5-7-9-15)24(34)21-18(27)19(22(28)32)30-35-21/h5-13,20H,4,14,27H2,1-3H3,(H2,28,32)(H,29,33)/t20-/m1/s1. The van der Waals surface area contributed by atoms with Gasteiger partial charge in [0.1, 0.15) is 16.7 Å². The van der Waals surface area contributed by atoms with Gasteiger partial charge in [0.15, 0.2) is 5.69 Å². The fourth-order valence-electron chi connectivity index (χ4n) is 3.43. The summed E-state index contributed by atoms with van der Waals surface area (Å²) in [7, 11) is 0. The predicted molar refractivity (Wildman–Crippen MR) is 133 cm³/mol. The summed E-state index contributed by atoms with van der Waals surface area (Å²) >= 11 is 0.737. The maximum Gasteiger partial charge on any atom is 0.270 e. The summed E-state index contributed by atoms with van der Waals surface area (Å²) in [5.41, 5.74) is 11.6. The molecule has 0 bridgehead atoms. The molecule has 2 aromatic carbocycles. The van der Waals surface area contributed by atoms with Gasteiger partial charge in [0, 0.05) is 12.1 Å². The van der Waals surface area contributed by atoms with Gasteiger partial charge in [-0.1, -0.05) is 49.4 Å². The van der Waals surface area contributed by atoms with Crippen LogP contribution in [0.1, 0.15) is 64.5 Å². The number of carbonyl (C=O) groups excluding carboxylic acids is 3. The van der Waals surface area contributed by atoms with E-state index >= 15 is 0 Å². The zero-order valence-electron chi connectivity index (χ0n) is 19.7. The molecule has 1 heterocycles. The molecule has 3 aromatic rings. The van der Waals surface area contributed by atoms with Crippen LogP contribution in [0.4, 0.5) is 10.1 Å². The quantitative estimate of drug-likeness (QED) is 0.415. The number of hydrogen-bond acceptors (Lipinski definition) is 6. The smallest absolute Gasteiger partial charge is 0.270 e. The average molecular weight is 498 g/mol. The molecule has 1 atom stereocenters. The minimum absolute atomic E-state index is 0.00982. The van der Waals surface area contributed by atoms with Crippen LogP contribution in [0.3, 0.4) is 0 Å². The number of anilines is 1. The maximum atomic E-state index is 13.8. The third-order valence-corrected chi connectivity index (χ3v) is 6.55. The van der Waals surface area contributed by atoms with Crippen molar-refractivity contribution in [1.82, 2.24) is 14.6 Å². The Morgan fingerprint density at radius 2 is 1.74 bits per heavy atom. The van der Waals surface area contributed by atoms with E-state index < -0.39 is 35.1 Å². The number of carbonyl (C=O) groups is 3. The second kappa shape index (κ2) is 10.6. The van der Waals surface area contributed by atoms with Crippen LogP contribution in [0.2, 0.25) is 0 Å². The zero-order valence-corrected chi connectivity index (χ0v) is 20.6. The Morgan fingerprint density at radius 1 is 1.11 bits per heavy atom. The topological polar surface area (TPSA) is 131 Å². The van der Waals surface area contributed by atoms with Gasteiger partial charge in [0.2, 0.25) is 5.91 Å². The molecule has 8 nitrogen and oxygen atoms in total. The minimum atomic E-state index is -1.12. The number of nitrogens with zero attached hydrogens (tertiary/aromatic N) is 2. The van der Waals surface area contributed by atoms with E-state index in [4.69, 9.17) is 11.5 Å². The van der Waals surface area contributed by atoms with E-state index in [2.05, 4.69) is 9.69 Å². The molecule has 0 aliphatic carbocycles. The summed E-state index contributed by atoms with van der Waals surface area (Å²) in [6.45, 7) is 5.72. The van der Waals surface area contributed by atoms with E-state index in [9.17, 15) is 18.8 Å². The lowest BCUT2D eigenvalue weighted by molar-refractivity contribution is -0.127. The summed E-state index contributed by atoms with van der Waals surface area (Å²) in [6.07, 6.45) is 0.644. The number of nitrogen functional groups attached to an aromatic ring is 1. The molecule has 0 saturated heterocycles. The Balaban J connectivity index is 2.15. The van der Waals surface area contributed by atoms with Crippen molar-refractivity contribution in [1.29, 1.82) is 0 Å². The van der Waals surface area contributed by atoms with Crippen LogP contribution in [-0.4, -0.2) is 32.5 Å². The molecule has 10 heteroatoms. The van der Waals surface area contributed by atoms with Crippen LogP contribution in [0.15, 0.2) is 54.6 Å². The van der Waals surface area contributed by atoms with Crippen LogP contribution < -0.4 is 16.8 Å². The van der Waals surface area contributed by atoms with Crippen LogP contribution >= 0.6 is 11.5 Å². The number of rotatable bonds is 9. The third-order valence-electron chi connectivity index (χ3n) is 5.70. The largest absolute Gasteiger partial charge is 0.395 e. The summed E-state index contributed by atoms with van der Waals surface area (Å²) in [4.78, 5) is 40.5. The van der Waals surface area contributed by atoms with Gasteiger partial charge >= 0.3 is 0 Å². The van der Waals surface area contributed by atoms with Gasteiger partial charge in [0.05, 0.1) is 5.69 Å². The normalized spacial score (nSPS) is 12.1. The molecule has 0 aliphatic rings. The molecule has 5 N–H and O–H groups in total. The number of amides is 3. The fraction of sp³-hybridized carbons (Fsp3) is 0.280. The van der Waals surface area contributed by atoms with Gasteiger partial charge in [-0.2, -0.15) is 4.37 Å². The lowest BCUT2D eigenvalue weighted by Gasteiger charge is -2.34. The molecule has 35 heavy (non-hydrogen) atoms. The van der Waals surface area contributed by atoms with Crippen molar-refractivity contribution in [3.63, 3.8) is 0 Å². The first-order valence-corrected chi connectivity index (χ1v) is 11.8. The maximum absolute atomic E-state index is 13.8. The molecule has 0 unspecified atom stereocenters. The summed E-state index contributed by atoms with van der Waals surface area (Å²) in [6, 6.07) is 13.4. The second-order valence-electron chi connectivity index (χ2n) is 8.74. The highest BCUT2D eigenvalue weighted by Gasteiger charge is 2.36. The number of halogens is 1. The Bertz CT molecular complexity index is 1210. The Labute approximate surface area is 207 Å². The highest BCUT2D eigenvalue weighted by Crippen LogP contribution is 2.31. The first-order chi connectivity index (χ1) is 16.5. The molecule has 3 amide bonds. The molecular formula is C25H28FN5O3S. The average Bonchev–Trinajstić information content (AvgIpc) is 3.21. The first kappa shape index (κ1) is 25.8. The molecule has 1 aromatic heterocycles. The molecule has 0 fully saturated rings. The van der Waals surface area contributed by atoms with Crippen molar-refractivity contribution in [2.75, 3.05) is 5.73 Å². The fourth-order valence-corrected chi connectivity index (χ4v) is 4.19. The lowest BCUT2D eigenvalue weighted by atomic mass is 9.98. The van der Waals surface area contributed by atoms with Crippen molar-refractivity contribution in [2.24, 2.45) is 5.73 Å². The number of hydrogen-bond donors (Lipinski definition) is 3. The summed E-state index contributed by atoms with van der Waals surface area (Å²) < 4.78 is 17.7. The second-order valence-corrected chi connectivity index (χ2v) is 9.51. The molecule has 0 radical (unpaired) electrons. The van der Waals surface area contributed by atoms with Gasteiger partial charge < -0.3 is 21.7 Å². The third kappa shape index (κ3) is 6.02. The van der Waals surface area contributed by atoms with Gasteiger partial charge in [-0.3, -0.25) is 14.4 Å². The van der Waals surface area contributed by atoms with Gasteiger partial charge in [-0.15, -0.1) is 0 Å². The molecule has 0 spiro atoms. The minimum Gasteiger partial charge on any atom is -0.395 e. The highest BCUT2D eigenvalue weighted by molar-refractivity contribution is 7.09. The molecule has 184 valence electrons.